The van der Waals surface area contributed by atoms with Crippen molar-refractivity contribution in [2.75, 3.05) is 51.7 Å². The van der Waals surface area contributed by atoms with Crippen molar-refractivity contribution in [3.63, 3.8) is 0 Å². The number of nitrogens with one attached hydrogen (secondary N) is 2. The molecule has 2 aliphatic rings. The van der Waals surface area contributed by atoms with Gasteiger partial charge in [-0.2, -0.15) is 0 Å². The molecule has 0 bridgehead atoms. The van der Waals surface area contributed by atoms with Gasteiger partial charge in [-0.1, -0.05) is 41.5 Å². The standard InChI is InChI=1S/C39H45F2N7O6S2/c1-5-37(55(50,51)31-11-7-6-8-12-31)45(3)24-33-26(2)18-27(19-32(33)38(42)48(49)25-46-16-17-47-15-9-10-30(47)23-46)28-20-35(39(54-4)43-22-28)44-56(52,53)36-14-13-29(40)21-34(36)41/h6-8,11-14,18-22,24,30,37,42,44H,5,9-10,15-17,23,25H2,1-4H3/q+2. The molecule has 13 nitrogen and oxygen atoms in total. The van der Waals surface area contributed by atoms with E-state index < -0.39 is 41.8 Å². The van der Waals surface area contributed by atoms with Crippen molar-refractivity contribution >= 4 is 37.6 Å². The van der Waals surface area contributed by atoms with Crippen LogP contribution in [0, 0.1) is 28.9 Å². The van der Waals surface area contributed by atoms with E-state index in [-0.39, 0.29) is 41.0 Å². The molecule has 3 heterocycles. The van der Waals surface area contributed by atoms with Gasteiger partial charge >= 0.3 is 5.84 Å². The van der Waals surface area contributed by atoms with E-state index in [1.54, 1.807) is 74.1 Å². The summed E-state index contributed by atoms with van der Waals surface area (Å²) in [6.45, 7) is 6.75. The number of anilines is 1. The number of nitrogens with zero attached hydrogens (tertiary/aromatic N) is 5. The molecule has 2 N–H and O–H groups in total. The molecule has 2 aliphatic heterocycles. The Morgan fingerprint density at radius 3 is 2.50 bits per heavy atom. The zero-order valence-electron chi connectivity index (χ0n) is 31.6. The van der Waals surface area contributed by atoms with Gasteiger partial charge in [-0.05, 0) is 78.6 Å². The summed E-state index contributed by atoms with van der Waals surface area (Å²) in [5, 5.41) is 8.27. The lowest BCUT2D eigenvalue weighted by molar-refractivity contribution is -0.509. The molecular formula is C39H45F2N7O6S2+2. The van der Waals surface area contributed by atoms with Crippen LogP contribution >= 0.6 is 0 Å². The number of fused-ring (bicyclic) bond motifs is 1. The van der Waals surface area contributed by atoms with Gasteiger partial charge in [0.15, 0.2) is 12.9 Å². The van der Waals surface area contributed by atoms with E-state index in [1.165, 1.54) is 19.4 Å². The second kappa shape index (κ2) is 16.6. The lowest BCUT2D eigenvalue weighted by Crippen LogP contribution is -2.52. The largest absolute Gasteiger partial charge is 0.480 e. The minimum atomic E-state index is -4.58. The number of piperazine rings is 1. The van der Waals surface area contributed by atoms with Gasteiger partial charge in [0.1, 0.15) is 29.3 Å². The van der Waals surface area contributed by atoms with E-state index in [4.69, 9.17) is 4.74 Å². The van der Waals surface area contributed by atoms with Crippen molar-refractivity contribution in [1.82, 2.24) is 14.8 Å². The van der Waals surface area contributed by atoms with Crippen molar-refractivity contribution in [3.8, 4) is 17.0 Å². The number of sulfonamides is 1. The van der Waals surface area contributed by atoms with Crippen molar-refractivity contribution in [2.24, 2.45) is 0 Å². The van der Waals surface area contributed by atoms with Crippen LogP contribution in [0.3, 0.4) is 0 Å². The van der Waals surface area contributed by atoms with Crippen molar-refractivity contribution in [3.05, 3.63) is 106 Å². The van der Waals surface area contributed by atoms with Crippen molar-refractivity contribution in [1.29, 1.82) is 5.41 Å². The highest BCUT2D eigenvalue weighted by Crippen LogP contribution is 2.33. The summed E-state index contributed by atoms with van der Waals surface area (Å²) in [5.41, 5.74) is 1.89. The molecule has 2 unspecified atom stereocenters. The second-order valence-electron chi connectivity index (χ2n) is 14.0. The number of hydrogen-bond donors (Lipinski definition) is 2. The maximum absolute atomic E-state index is 14.6. The molecule has 0 radical (unpaired) electrons. The first-order valence-electron chi connectivity index (χ1n) is 18.2. The van der Waals surface area contributed by atoms with Gasteiger partial charge in [0.2, 0.25) is 15.7 Å². The Kier molecular flexibility index (Phi) is 12.1. The molecule has 6 rings (SSSR count). The third-order valence-electron chi connectivity index (χ3n) is 10.3. The number of sulfone groups is 1. The number of aromatic nitrogens is 1. The van der Waals surface area contributed by atoms with Crippen LogP contribution in [-0.2, 0) is 19.9 Å². The van der Waals surface area contributed by atoms with Gasteiger partial charge in [-0.3, -0.25) is 14.5 Å². The SMILES string of the molecule is CCC([N+](C)=Cc1c(C)cc(-c2cnc(OC)c(NS(=O)(=O)c3ccc(F)cc3F)c2)cc1C(=N)[N+](=O)CN1CCN2CCCC2C1)S(=O)(=O)c1ccccc1. The molecule has 0 spiro atoms. The topological polar surface area (TPSA) is 156 Å². The first-order valence-corrected chi connectivity index (χ1v) is 21.2. The average molecular weight is 810 g/mol. The van der Waals surface area contributed by atoms with E-state index >= 15 is 0 Å². The maximum atomic E-state index is 14.6. The van der Waals surface area contributed by atoms with Crippen molar-refractivity contribution < 1.29 is 39.7 Å². The van der Waals surface area contributed by atoms with Gasteiger partial charge in [-0.15, -0.1) is 0 Å². The quantitative estimate of drug-likeness (QED) is 0.105. The van der Waals surface area contributed by atoms with Gasteiger partial charge in [0, 0.05) is 49.9 Å². The maximum Gasteiger partial charge on any atom is 0.362 e. The molecule has 56 heavy (non-hydrogen) atoms. The Morgan fingerprint density at radius 2 is 1.80 bits per heavy atom. The molecule has 0 saturated carbocycles. The fourth-order valence-corrected chi connectivity index (χ4v) is 10.3. The van der Waals surface area contributed by atoms with Crippen LogP contribution < -0.4 is 9.46 Å². The molecule has 17 heteroatoms. The molecule has 1 aromatic heterocycles. The molecule has 2 saturated heterocycles. The lowest BCUT2D eigenvalue weighted by Gasteiger charge is -2.35. The smallest absolute Gasteiger partial charge is 0.362 e. The minimum absolute atomic E-state index is 0.0440. The summed E-state index contributed by atoms with van der Waals surface area (Å²) >= 11 is 0. The number of pyridine rings is 1. The number of rotatable bonds is 13. The summed E-state index contributed by atoms with van der Waals surface area (Å²) in [4.78, 5) is 22.0. The first-order chi connectivity index (χ1) is 26.6. The second-order valence-corrected chi connectivity index (χ2v) is 17.8. The van der Waals surface area contributed by atoms with E-state index in [1.807, 2.05) is 4.90 Å². The van der Waals surface area contributed by atoms with Crippen LogP contribution in [0.15, 0.2) is 82.7 Å². The van der Waals surface area contributed by atoms with E-state index in [2.05, 4.69) is 14.6 Å². The molecule has 3 aromatic carbocycles. The predicted molar refractivity (Wildman–Crippen MR) is 209 cm³/mol. The third kappa shape index (κ3) is 8.55. The molecular weight excluding hydrogens is 765 g/mol. The minimum Gasteiger partial charge on any atom is -0.480 e. The Morgan fingerprint density at radius 1 is 1.05 bits per heavy atom. The van der Waals surface area contributed by atoms with Crippen LogP contribution in [-0.4, -0.2) is 111 Å². The normalized spacial score (nSPS) is 17.3. The number of amidine groups is 1. The number of benzene rings is 3. The van der Waals surface area contributed by atoms with Gasteiger partial charge in [0.05, 0.1) is 23.1 Å². The summed E-state index contributed by atoms with van der Waals surface area (Å²) in [7, 11) is -5.48. The molecule has 2 fully saturated rings. The Hall–Kier alpha value is -4.97. The predicted octanol–water partition coefficient (Wildman–Crippen LogP) is 5.26. The molecule has 0 amide bonds. The number of halogens is 2. The molecule has 4 aromatic rings. The van der Waals surface area contributed by atoms with E-state index in [9.17, 15) is 35.9 Å². The van der Waals surface area contributed by atoms with Crippen LogP contribution in [0.5, 0.6) is 5.88 Å². The highest BCUT2D eigenvalue weighted by molar-refractivity contribution is 7.92. The first kappa shape index (κ1) is 40.7. The van der Waals surface area contributed by atoms with Crippen LogP contribution in [0.1, 0.15) is 42.9 Å². The van der Waals surface area contributed by atoms with Crippen LogP contribution in [0.4, 0.5) is 14.5 Å². The van der Waals surface area contributed by atoms with Gasteiger partial charge < -0.3 is 4.74 Å². The summed E-state index contributed by atoms with van der Waals surface area (Å²) in [6.07, 6.45) is 5.46. The van der Waals surface area contributed by atoms with E-state index in [0.29, 0.717) is 52.2 Å². The Bertz CT molecular complexity index is 2410. The average Bonchev–Trinajstić information content (AvgIpc) is 3.63. The molecule has 2 atom stereocenters. The molecule has 0 aliphatic carbocycles. The number of ether oxygens (including phenoxy) is 1. The zero-order chi connectivity index (χ0) is 40.4. The lowest BCUT2D eigenvalue weighted by atomic mass is 9.95. The fraction of sp³-hybridized carbons (Fsp3) is 0.359. The van der Waals surface area contributed by atoms with Crippen LogP contribution in [0.2, 0.25) is 0 Å². The van der Waals surface area contributed by atoms with Crippen LogP contribution in [0.25, 0.3) is 11.1 Å². The van der Waals surface area contributed by atoms with Gasteiger partial charge in [-0.25, -0.2) is 35.2 Å². The fourth-order valence-electron chi connectivity index (χ4n) is 7.42. The summed E-state index contributed by atoms with van der Waals surface area (Å²) in [6, 6.07) is 15.4. The highest BCUT2D eigenvalue weighted by atomic mass is 32.2. The summed E-state index contributed by atoms with van der Waals surface area (Å²) in [5.74, 6) is -2.71. The monoisotopic (exact) mass is 809 g/mol. The third-order valence-corrected chi connectivity index (χ3v) is 14.0. The van der Waals surface area contributed by atoms with E-state index in [0.717, 1.165) is 38.1 Å². The molecule has 296 valence electrons. The summed E-state index contributed by atoms with van der Waals surface area (Å²) < 4.78 is 92.0. The number of methoxy groups -OCH3 is 1. The Balaban J connectivity index is 1.41. The number of aryl methyl sites for hydroxylation is 1. The zero-order valence-corrected chi connectivity index (χ0v) is 33.2. The van der Waals surface area contributed by atoms with Crippen molar-refractivity contribution in [2.45, 2.75) is 54.3 Å². The number of nitroso groups, excluding NO2 is 1. The number of hydrogen-bond acceptors (Lipinski definition) is 10. The van der Waals surface area contributed by atoms with Gasteiger partial charge in [0.25, 0.3) is 15.4 Å². The Labute approximate surface area is 325 Å². The highest BCUT2D eigenvalue weighted by Gasteiger charge is 2.36.